The van der Waals surface area contributed by atoms with Crippen LogP contribution >= 0.6 is 11.6 Å². The first-order valence-corrected chi connectivity index (χ1v) is 13.1. The van der Waals surface area contributed by atoms with E-state index < -0.39 is 34.8 Å². The number of nitrogens with two attached hydrogens (primary N) is 1. The molecular weight excluding hydrogens is 598 g/mol. The standard InChI is InChI=1S/C27H26ClF4N7O4/c1-16(35-18-2-3-22(29)21(28)13-18)34-14-20(24(33)39-5-4-23(36-39)27(30,31)32)17-12-19(26(41)42)25(40)38(15-17)7-6-37-8-10-43-11-9-37/h2-5,12-15,35H,1,6-11,33H2,(H,41,42)/b24-20-,34-14?. The number of morpholine rings is 1. The molecule has 11 nitrogen and oxygen atoms in total. The van der Waals surface area contributed by atoms with Crippen LogP contribution in [0, 0.1) is 5.82 Å². The Balaban J connectivity index is 1.76. The monoisotopic (exact) mass is 623 g/mol. The maximum atomic E-state index is 13.5. The highest BCUT2D eigenvalue weighted by atomic mass is 35.5. The van der Waals surface area contributed by atoms with Crippen LogP contribution in [0.4, 0.5) is 23.2 Å². The number of nitrogens with one attached hydrogen (secondary N) is 1. The number of carbonyl (C=O) groups is 1. The lowest BCUT2D eigenvalue weighted by molar-refractivity contribution is -0.141. The summed E-state index contributed by atoms with van der Waals surface area (Å²) in [6, 6.07) is 5.54. The van der Waals surface area contributed by atoms with Crippen LogP contribution in [0.5, 0.6) is 0 Å². The maximum Gasteiger partial charge on any atom is 0.435 e. The number of aromatic carboxylic acids is 1. The summed E-state index contributed by atoms with van der Waals surface area (Å²) < 4.78 is 60.6. The van der Waals surface area contributed by atoms with E-state index in [0.29, 0.717) is 44.6 Å². The number of carboxylic acids is 1. The highest BCUT2D eigenvalue weighted by Crippen LogP contribution is 2.28. The summed E-state index contributed by atoms with van der Waals surface area (Å²) in [5, 5.41) is 15.9. The molecule has 2 aromatic heterocycles. The molecule has 228 valence electrons. The number of pyridine rings is 1. The molecule has 0 bridgehead atoms. The molecule has 4 rings (SSSR count). The van der Waals surface area contributed by atoms with Gasteiger partial charge in [-0.1, -0.05) is 18.2 Å². The second-order valence-corrected chi connectivity index (χ2v) is 9.71. The fourth-order valence-corrected chi connectivity index (χ4v) is 4.29. The lowest BCUT2D eigenvalue weighted by Crippen LogP contribution is -2.39. The number of ether oxygens (including phenoxy) is 1. The second kappa shape index (κ2) is 13.2. The zero-order chi connectivity index (χ0) is 31.3. The van der Waals surface area contributed by atoms with Gasteiger partial charge in [-0.25, -0.2) is 18.9 Å². The van der Waals surface area contributed by atoms with Crippen LogP contribution in [-0.2, 0) is 17.5 Å². The summed E-state index contributed by atoms with van der Waals surface area (Å²) in [5.74, 6) is -2.52. The Morgan fingerprint density at radius 2 is 1.95 bits per heavy atom. The predicted molar refractivity (Wildman–Crippen MR) is 152 cm³/mol. The average Bonchev–Trinajstić information content (AvgIpc) is 3.47. The molecule has 1 aliphatic heterocycles. The number of rotatable bonds is 10. The van der Waals surface area contributed by atoms with Gasteiger partial charge in [0.15, 0.2) is 5.69 Å². The molecule has 43 heavy (non-hydrogen) atoms. The van der Waals surface area contributed by atoms with E-state index in [2.05, 4.69) is 22.0 Å². The second-order valence-electron chi connectivity index (χ2n) is 9.30. The van der Waals surface area contributed by atoms with E-state index in [-0.39, 0.29) is 34.3 Å². The Kier molecular flexibility index (Phi) is 9.68. The first-order chi connectivity index (χ1) is 20.3. The zero-order valence-electron chi connectivity index (χ0n) is 22.4. The smallest absolute Gasteiger partial charge is 0.435 e. The fraction of sp³-hybridized carbons (Fsp3) is 0.259. The number of hydrogen-bond donors (Lipinski definition) is 3. The largest absolute Gasteiger partial charge is 0.477 e. The third-order valence-electron chi connectivity index (χ3n) is 6.35. The molecule has 3 heterocycles. The van der Waals surface area contributed by atoms with E-state index in [4.69, 9.17) is 22.1 Å². The Labute approximate surface area is 247 Å². The minimum Gasteiger partial charge on any atom is -0.477 e. The van der Waals surface area contributed by atoms with Gasteiger partial charge in [0.1, 0.15) is 23.0 Å². The molecule has 16 heteroatoms. The summed E-state index contributed by atoms with van der Waals surface area (Å²) in [5.41, 5.74) is 4.00. The molecule has 4 N–H and O–H groups in total. The number of hydrogen-bond acceptors (Lipinski definition) is 8. The minimum absolute atomic E-state index is 0.0106. The number of halogens is 5. The quantitative estimate of drug-likeness (QED) is 0.229. The van der Waals surface area contributed by atoms with Gasteiger partial charge >= 0.3 is 12.1 Å². The topological polar surface area (TPSA) is 140 Å². The lowest BCUT2D eigenvalue weighted by atomic mass is 10.1. The van der Waals surface area contributed by atoms with Crippen LogP contribution in [0.2, 0.25) is 5.02 Å². The van der Waals surface area contributed by atoms with Gasteiger partial charge in [-0.15, -0.1) is 0 Å². The minimum atomic E-state index is -4.75. The predicted octanol–water partition coefficient (Wildman–Crippen LogP) is 3.83. The highest BCUT2D eigenvalue weighted by molar-refractivity contribution is 6.31. The van der Waals surface area contributed by atoms with Crippen molar-refractivity contribution in [2.24, 2.45) is 10.7 Å². The van der Waals surface area contributed by atoms with Crippen LogP contribution in [-0.4, -0.2) is 69.4 Å². The summed E-state index contributed by atoms with van der Waals surface area (Å²) >= 11 is 5.81. The Morgan fingerprint density at radius 3 is 2.58 bits per heavy atom. The number of nitrogens with zero attached hydrogens (tertiary/aromatic N) is 5. The van der Waals surface area contributed by atoms with Gasteiger partial charge in [0, 0.05) is 61.6 Å². The van der Waals surface area contributed by atoms with Gasteiger partial charge in [-0.3, -0.25) is 9.69 Å². The molecule has 1 aliphatic rings. The van der Waals surface area contributed by atoms with Crippen molar-refractivity contribution in [1.82, 2.24) is 19.2 Å². The number of aromatic nitrogens is 3. The van der Waals surface area contributed by atoms with Crippen LogP contribution in [0.25, 0.3) is 11.4 Å². The van der Waals surface area contributed by atoms with Crippen molar-refractivity contribution in [2.75, 3.05) is 38.2 Å². The molecule has 0 amide bonds. The molecular formula is C27H26ClF4N7O4. The summed E-state index contributed by atoms with van der Waals surface area (Å²) in [6.07, 6.45) is -1.31. The number of aliphatic imine (C=N–C) groups is 1. The summed E-state index contributed by atoms with van der Waals surface area (Å²) in [7, 11) is 0. The number of carboxylic acid groups (broad SMARTS) is 1. The number of benzene rings is 1. The van der Waals surface area contributed by atoms with Crippen molar-refractivity contribution in [1.29, 1.82) is 0 Å². The van der Waals surface area contributed by atoms with E-state index >= 15 is 0 Å². The third kappa shape index (κ3) is 7.88. The first-order valence-electron chi connectivity index (χ1n) is 12.7. The lowest BCUT2D eigenvalue weighted by Gasteiger charge is -2.26. The van der Waals surface area contributed by atoms with E-state index in [1.807, 2.05) is 4.90 Å². The van der Waals surface area contributed by atoms with Crippen molar-refractivity contribution in [3.05, 3.63) is 93.1 Å². The van der Waals surface area contributed by atoms with E-state index in [9.17, 15) is 32.3 Å². The third-order valence-corrected chi connectivity index (χ3v) is 6.64. The van der Waals surface area contributed by atoms with Crippen molar-refractivity contribution < 1.29 is 32.2 Å². The van der Waals surface area contributed by atoms with Crippen LogP contribution in [0.1, 0.15) is 21.6 Å². The maximum absolute atomic E-state index is 13.5. The normalized spacial score (nSPS) is 15.0. The number of alkyl halides is 3. The van der Waals surface area contributed by atoms with E-state index in [0.717, 1.165) is 29.2 Å². The Bertz CT molecular complexity index is 1640. The molecule has 1 aromatic carbocycles. The van der Waals surface area contributed by atoms with Crippen molar-refractivity contribution in [3.8, 4) is 0 Å². The number of anilines is 1. The molecule has 0 radical (unpaired) electrons. The Morgan fingerprint density at radius 1 is 1.23 bits per heavy atom. The van der Waals surface area contributed by atoms with Gasteiger partial charge in [0.05, 0.1) is 18.2 Å². The number of allylic oxidation sites excluding steroid dienone is 1. The first kappa shape index (κ1) is 31.5. The molecule has 0 aliphatic carbocycles. The summed E-state index contributed by atoms with van der Waals surface area (Å²) in [6.45, 7) is 6.54. The van der Waals surface area contributed by atoms with Crippen LogP contribution < -0.4 is 16.6 Å². The molecule has 0 unspecified atom stereocenters. The van der Waals surface area contributed by atoms with Gasteiger partial charge in [-0.05, 0) is 30.3 Å². The SMILES string of the molecule is C=C(N=C/C(=C(\N)n1ccc(C(F)(F)F)n1)c1cc(C(=O)O)c(=O)n(CCN2CCOCC2)c1)Nc1ccc(F)c(Cl)c1. The van der Waals surface area contributed by atoms with E-state index in [1.54, 1.807) is 0 Å². The highest BCUT2D eigenvalue weighted by Gasteiger charge is 2.34. The van der Waals surface area contributed by atoms with E-state index in [1.165, 1.54) is 22.9 Å². The average molecular weight is 624 g/mol. The molecule has 1 saturated heterocycles. The van der Waals surface area contributed by atoms with Crippen molar-refractivity contribution in [2.45, 2.75) is 12.7 Å². The summed E-state index contributed by atoms with van der Waals surface area (Å²) in [4.78, 5) is 31.2. The molecule has 0 spiro atoms. The van der Waals surface area contributed by atoms with Gasteiger partial charge in [-0.2, -0.15) is 18.3 Å². The molecule has 3 aromatic rings. The van der Waals surface area contributed by atoms with Crippen LogP contribution in [0.15, 0.2) is 64.9 Å². The molecule has 1 fully saturated rings. The zero-order valence-corrected chi connectivity index (χ0v) is 23.2. The van der Waals surface area contributed by atoms with Gasteiger partial charge in [0.25, 0.3) is 5.56 Å². The van der Waals surface area contributed by atoms with Gasteiger partial charge < -0.3 is 25.5 Å². The van der Waals surface area contributed by atoms with Gasteiger partial charge in [0.2, 0.25) is 0 Å². The molecule has 0 atom stereocenters. The van der Waals surface area contributed by atoms with Crippen molar-refractivity contribution in [3.63, 3.8) is 0 Å². The van der Waals surface area contributed by atoms with Crippen LogP contribution in [0.3, 0.4) is 0 Å². The van der Waals surface area contributed by atoms with Crippen molar-refractivity contribution >= 4 is 40.9 Å². The fourth-order valence-electron chi connectivity index (χ4n) is 4.11. The molecule has 0 saturated carbocycles. The Hall–Kier alpha value is -4.47.